The largest absolute Gasteiger partial charge is 0.382 e. The van der Waals surface area contributed by atoms with Gasteiger partial charge in [0, 0.05) is 10.8 Å². The smallest absolute Gasteiger partial charge is 0.178 e. The van der Waals surface area contributed by atoms with E-state index in [1.807, 2.05) is 20.8 Å². The molecule has 0 radical (unpaired) electrons. The number of Topliss-reactive ketones (excluding diaryl/α,β-unsaturated/α-hetero) is 1. The first-order chi connectivity index (χ1) is 12.4. The van der Waals surface area contributed by atoms with Crippen molar-refractivity contribution in [3.05, 3.63) is 23.8 Å². The zero-order chi connectivity index (χ0) is 20.0. The third-order valence-electron chi connectivity index (χ3n) is 9.05. The molecule has 3 fully saturated rings. The molecule has 0 aliphatic heterocycles. The molecule has 1 N–H and O–H groups in total. The highest BCUT2D eigenvalue weighted by Crippen LogP contribution is 2.71. The summed E-state index contributed by atoms with van der Waals surface area (Å²) in [4.78, 5) is 24.4. The molecule has 0 saturated heterocycles. The molecule has 0 unspecified atom stereocenters. The molecule has 0 aromatic heterocycles. The molecular weight excluding hydrogens is 343 g/mol. The van der Waals surface area contributed by atoms with Crippen molar-refractivity contribution in [1.82, 2.24) is 0 Å². The molecule has 3 saturated carbocycles. The second kappa shape index (κ2) is 5.40. The highest BCUT2D eigenvalue weighted by Gasteiger charge is 2.73. The number of hydrogen-bond donors (Lipinski definition) is 1. The number of alkyl halides is 1. The van der Waals surface area contributed by atoms with Crippen LogP contribution < -0.4 is 0 Å². The molecule has 3 nitrogen and oxygen atoms in total. The van der Waals surface area contributed by atoms with Crippen LogP contribution in [-0.4, -0.2) is 27.9 Å². The van der Waals surface area contributed by atoms with Crippen LogP contribution in [-0.2, 0) is 9.59 Å². The quantitative estimate of drug-likeness (QED) is 0.748. The number of hydrogen-bond acceptors (Lipinski definition) is 3. The average molecular weight is 374 g/mol. The van der Waals surface area contributed by atoms with E-state index >= 15 is 4.39 Å². The van der Waals surface area contributed by atoms with E-state index in [0.717, 1.165) is 5.57 Å². The Morgan fingerprint density at radius 3 is 2.56 bits per heavy atom. The summed E-state index contributed by atoms with van der Waals surface area (Å²) in [5.74, 6) is -0.708. The Hall–Kier alpha value is -1.29. The van der Waals surface area contributed by atoms with Gasteiger partial charge in [0.15, 0.2) is 11.6 Å². The lowest BCUT2D eigenvalue weighted by molar-refractivity contribution is -0.197. The van der Waals surface area contributed by atoms with E-state index < -0.39 is 22.1 Å². The van der Waals surface area contributed by atoms with Gasteiger partial charge in [-0.3, -0.25) is 9.59 Å². The maximum Gasteiger partial charge on any atom is 0.178 e. The molecule has 0 aromatic carbocycles. The SMILES string of the molecule is CC(=O)[C@@]1(O)CC[C@H]2[C@@H]3C[C@H](C)C4=CC(=O)C=C[C@]4(C)[C@@]3(F)[C@@H](C)C[C@@]21C. The van der Waals surface area contributed by atoms with Gasteiger partial charge in [0.1, 0.15) is 11.3 Å². The van der Waals surface area contributed by atoms with Crippen molar-refractivity contribution in [3.8, 4) is 0 Å². The van der Waals surface area contributed by atoms with E-state index in [-0.39, 0.29) is 35.2 Å². The Morgan fingerprint density at radius 1 is 1.26 bits per heavy atom. The van der Waals surface area contributed by atoms with Crippen molar-refractivity contribution >= 4 is 11.6 Å². The summed E-state index contributed by atoms with van der Waals surface area (Å²) in [6.07, 6.45) is 7.20. The summed E-state index contributed by atoms with van der Waals surface area (Å²) >= 11 is 0. The fourth-order valence-electron chi connectivity index (χ4n) is 7.70. The number of allylic oxidation sites excluding steroid dienone is 4. The van der Waals surface area contributed by atoms with E-state index in [1.54, 1.807) is 12.2 Å². The van der Waals surface area contributed by atoms with E-state index in [2.05, 4.69) is 6.92 Å². The van der Waals surface area contributed by atoms with Crippen LogP contribution in [0.4, 0.5) is 4.39 Å². The topological polar surface area (TPSA) is 54.4 Å². The maximum atomic E-state index is 17.1. The van der Waals surface area contributed by atoms with Gasteiger partial charge in [0.05, 0.1) is 0 Å². The van der Waals surface area contributed by atoms with Crippen molar-refractivity contribution in [2.45, 2.75) is 71.6 Å². The van der Waals surface area contributed by atoms with Gasteiger partial charge in [0.25, 0.3) is 0 Å². The minimum absolute atomic E-state index is 0.0283. The van der Waals surface area contributed by atoms with Crippen LogP contribution in [0.2, 0.25) is 0 Å². The van der Waals surface area contributed by atoms with E-state index in [1.165, 1.54) is 13.0 Å². The Balaban J connectivity index is 1.86. The Labute approximate surface area is 161 Å². The van der Waals surface area contributed by atoms with E-state index in [0.29, 0.717) is 25.7 Å². The zero-order valence-electron chi connectivity index (χ0n) is 17.0. The molecular formula is C23H31FO3. The highest BCUT2D eigenvalue weighted by molar-refractivity contribution is 6.01. The lowest BCUT2D eigenvalue weighted by Crippen LogP contribution is -2.67. The van der Waals surface area contributed by atoms with Crippen molar-refractivity contribution in [3.63, 3.8) is 0 Å². The summed E-state index contributed by atoms with van der Waals surface area (Å²) in [6.45, 7) is 9.42. The second-order valence-corrected chi connectivity index (χ2v) is 10.1. The monoisotopic (exact) mass is 374 g/mol. The predicted octanol–water partition coefficient (Wildman–Crippen LogP) is 4.20. The van der Waals surface area contributed by atoms with Crippen molar-refractivity contribution in [2.24, 2.45) is 34.5 Å². The number of carbonyl (C=O) groups is 2. The fraction of sp³-hybridized carbons (Fsp3) is 0.739. The van der Waals surface area contributed by atoms with Crippen LogP contribution in [0.25, 0.3) is 0 Å². The molecule has 4 rings (SSSR count). The predicted molar refractivity (Wildman–Crippen MR) is 102 cm³/mol. The van der Waals surface area contributed by atoms with Gasteiger partial charge in [-0.05, 0) is 75.4 Å². The zero-order valence-corrected chi connectivity index (χ0v) is 17.0. The van der Waals surface area contributed by atoms with Crippen LogP contribution in [0.1, 0.15) is 60.3 Å². The summed E-state index contributed by atoms with van der Waals surface area (Å²) in [7, 11) is 0. The number of carbonyl (C=O) groups excluding carboxylic acids is 2. The van der Waals surface area contributed by atoms with Crippen molar-refractivity contribution < 1.29 is 19.1 Å². The minimum Gasteiger partial charge on any atom is -0.382 e. The van der Waals surface area contributed by atoms with Crippen LogP contribution >= 0.6 is 0 Å². The fourth-order valence-corrected chi connectivity index (χ4v) is 7.70. The molecule has 4 aliphatic rings. The van der Waals surface area contributed by atoms with Gasteiger partial charge in [0.2, 0.25) is 0 Å². The van der Waals surface area contributed by atoms with Gasteiger partial charge in [-0.1, -0.05) is 32.4 Å². The van der Waals surface area contributed by atoms with E-state index in [4.69, 9.17) is 0 Å². The third kappa shape index (κ3) is 2.01. The van der Waals surface area contributed by atoms with Crippen molar-refractivity contribution in [1.29, 1.82) is 0 Å². The lowest BCUT2D eigenvalue weighted by atomic mass is 9.41. The average Bonchev–Trinajstić information content (AvgIpc) is 2.85. The third-order valence-corrected chi connectivity index (χ3v) is 9.05. The summed E-state index contributed by atoms with van der Waals surface area (Å²) < 4.78 is 17.1. The highest BCUT2D eigenvalue weighted by atomic mass is 19.1. The number of halogens is 1. The molecule has 0 aromatic rings. The minimum atomic E-state index is -1.48. The first kappa shape index (κ1) is 19.0. The number of fused-ring (bicyclic) bond motifs is 5. The van der Waals surface area contributed by atoms with Crippen molar-refractivity contribution in [2.75, 3.05) is 0 Å². The van der Waals surface area contributed by atoms with Gasteiger partial charge in [-0.25, -0.2) is 4.39 Å². The van der Waals surface area contributed by atoms with Crippen LogP contribution in [0.5, 0.6) is 0 Å². The molecule has 0 spiro atoms. The molecule has 0 heterocycles. The van der Waals surface area contributed by atoms with E-state index in [9.17, 15) is 14.7 Å². The summed E-state index contributed by atoms with van der Waals surface area (Å²) in [6, 6.07) is 0. The maximum absolute atomic E-state index is 17.1. The summed E-state index contributed by atoms with van der Waals surface area (Å²) in [5, 5.41) is 11.3. The number of rotatable bonds is 1. The van der Waals surface area contributed by atoms with Crippen LogP contribution in [0.3, 0.4) is 0 Å². The van der Waals surface area contributed by atoms with Gasteiger partial charge >= 0.3 is 0 Å². The molecule has 0 amide bonds. The first-order valence-electron chi connectivity index (χ1n) is 10.3. The molecule has 0 bridgehead atoms. The first-order valence-corrected chi connectivity index (χ1v) is 10.3. The Kier molecular flexibility index (Phi) is 3.81. The Bertz CT molecular complexity index is 784. The normalized spacial score (nSPS) is 54.0. The van der Waals surface area contributed by atoms with Crippen LogP contribution in [0.15, 0.2) is 23.8 Å². The second-order valence-electron chi connectivity index (χ2n) is 10.1. The molecule has 148 valence electrons. The summed E-state index contributed by atoms with van der Waals surface area (Å²) in [5.41, 5.74) is -3.32. The standard InChI is InChI=1S/C23H31FO3/c1-13-10-19-17-7-9-22(27,15(3)25)21(17,5)12-14(2)23(19,24)20(4)8-6-16(26)11-18(13)20/h6,8,11,13-14,17,19,27H,7,9-10,12H2,1-5H3/t13-,14-,17-,19-,20-,21-,22-,23+/m0/s1. The molecule has 27 heavy (non-hydrogen) atoms. The number of aliphatic hydroxyl groups is 1. The molecule has 4 aliphatic carbocycles. The Morgan fingerprint density at radius 2 is 1.93 bits per heavy atom. The molecule has 4 heteroatoms. The van der Waals surface area contributed by atoms with Crippen LogP contribution in [0, 0.1) is 34.5 Å². The lowest BCUT2D eigenvalue weighted by Gasteiger charge is -2.64. The van der Waals surface area contributed by atoms with Gasteiger partial charge in [-0.2, -0.15) is 0 Å². The number of ketones is 2. The van der Waals surface area contributed by atoms with Gasteiger partial charge < -0.3 is 5.11 Å². The van der Waals surface area contributed by atoms with Gasteiger partial charge in [-0.15, -0.1) is 0 Å². The molecule has 8 atom stereocenters.